The molecule has 1 rings (SSSR count). The number of carboxylic acids is 3. The molecule has 36 heteroatoms. The van der Waals surface area contributed by atoms with E-state index < -0.39 is 35.8 Å². The van der Waals surface area contributed by atoms with Crippen molar-refractivity contribution in [2.45, 2.75) is 206 Å². The summed E-state index contributed by atoms with van der Waals surface area (Å²) in [6.07, 6.45) is 22.3. The van der Waals surface area contributed by atoms with Crippen LogP contribution in [0.3, 0.4) is 0 Å². The van der Waals surface area contributed by atoms with Crippen LogP contribution in [-0.2, 0) is 147 Å². The van der Waals surface area contributed by atoms with Gasteiger partial charge in [0.25, 0.3) is 0 Å². The SMILES string of the molecule is CCCOCCOCCOCCOCCOCCOCCOCCOCCOCCOCCOCCOCCOCCOCCOCCOCCOCCOCCOCCOCCOCCOCCOCCOCCCC(=O)[C@H](CCC(=O)O)NC(=O)CC[C@H](CC(=O)[C@H]1CC[C@@H](CNC(=O)CCCCCCCCCCCCCCCCCCC(=O)O)CC1)C(=O)O. The van der Waals surface area contributed by atoms with Gasteiger partial charge in [0, 0.05) is 64.2 Å². The van der Waals surface area contributed by atoms with Crippen molar-refractivity contribution in [3.05, 3.63) is 0 Å². The number of ketones is 2. The van der Waals surface area contributed by atoms with Crippen LogP contribution in [0.5, 0.6) is 0 Å². The average molecular weight is 1840 g/mol. The van der Waals surface area contributed by atoms with E-state index in [-0.39, 0.29) is 87.5 Å². The highest BCUT2D eigenvalue weighted by atomic mass is 16.6. The van der Waals surface area contributed by atoms with Crippen LogP contribution in [0.25, 0.3) is 0 Å². The van der Waals surface area contributed by atoms with Crippen LogP contribution in [0.4, 0.5) is 0 Å². The number of carbonyl (C=O) groups is 7. The van der Waals surface area contributed by atoms with Crippen LogP contribution in [0.2, 0.25) is 0 Å². The molecule has 0 radical (unpaired) electrons. The predicted molar refractivity (Wildman–Crippen MR) is 472 cm³/mol. The van der Waals surface area contributed by atoms with E-state index in [0.717, 1.165) is 64.4 Å². The Hall–Kier alpha value is -4.27. The quantitative estimate of drug-likeness (QED) is 0.0354. The number of hydrogen-bond donors (Lipinski definition) is 5. The maximum absolute atomic E-state index is 13.3. The van der Waals surface area contributed by atoms with E-state index in [0.29, 0.717) is 330 Å². The standard InChI is InChI=1S/C91H170N2O34/c1-2-31-104-33-35-106-37-39-108-41-43-110-45-47-112-49-51-114-53-55-116-57-59-118-61-63-120-65-67-122-69-71-124-73-75-126-77-78-127-76-74-125-72-70-123-68-66-121-64-62-119-60-58-117-56-54-115-52-50-113-48-46-111-44-42-109-40-38-107-36-34-105-32-19-20-85(94)84(28-30-90(100)101)93-88(97)29-27-83(91(102)103)79-86(95)82-25-23-81(24-26-82)80-92-87(96)21-17-15-13-11-9-7-5-3-4-6-8-10-12-14-16-18-22-89(98)99/h81-84H,2-80H2,1H3,(H,92,96)(H,93,97)(H,98,99)(H,100,101)(H,102,103)/t81-,82+,83-,84+/m1/s1. The Morgan fingerprint density at radius 2 is 0.504 bits per heavy atom. The predicted octanol–water partition coefficient (Wildman–Crippen LogP) is 8.96. The smallest absolute Gasteiger partial charge is 0.306 e. The van der Waals surface area contributed by atoms with Crippen molar-refractivity contribution in [3.63, 3.8) is 0 Å². The van der Waals surface area contributed by atoms with Crippen LogP contribution < -0.4 is 10.6 Å². The summed E-state index contributed by atoms with van der Waals surface area (Å²) in [6.45, 7) is 24.8. The minimum absolute atomic E-state index is 0.0272. The third-order valence-electron chi connectivity index (χ3n) is 19.9. The third kappa shape index (κ3) is 92.0. The lowest BCUT2D eigenvalue weighted by atomic mass is 9.78. The zero-order chi connectivity index (χ0) is 91.6. The molecule has 748 valence electrons. The lowest BCUT2D eigenvalue weighted by Crippen LogP contribution is -2.41. The Bertz CT molecular complexity index is 2410. The second kappa shape index (κ2) is 99.2. The molecule has 127 heavy (non-hydrogen) atoms. The molecule has 36 nitrogen and oxygen atoms in total. The van der Waals surface area contributed by atoms with E-state index in [1.54, 1.807) is 0 Å². The Labute approximate surface area is 758 Å². The summed E-state index contributed by atoms with van der Waals surface area (Å²) in [5.41, 5.74) is 0. The van der Waals surface area contributed by atoms with Gasteiger partial charge in [-0.05, 0) is 70.1 Å². The van der Waals surface area contributed by atoms with E-state index in [1.165, 1.54) is 64.2 Å². The summed E-state index contributed by atoms with van der Waals surface area (Å²) in [4.78, 5) is 86.4. The van der Waals surface area contributed by atoms with E-state index in [2.05, 4.69) is 17.6 Å². The van der Waals surface area contributed by atoms with Crippen LogP contribution >= 0.6 is 0 Å². The van der Waals surface area contributed by atoms with E-state index in [1.807, 2.05) is 0 Å². The van der Waals surface area contributed by atoms with E-state index in [4.69, 9.17) is 119 Å². The number of rotatable bonds is 108. The number of unbranched alkanes of at least 4 members (excludes halogenated alkanes) is 15. The van der Waals surface area contributed by atoms with Crippen LogP contribution in [0, 0.1) is 17.8 Å². The van der Waals surface area contributed by atoms with Gasteiger partial charge in [0.2, 0.25) is 11.8 Å². The molecule has 1 fully saturated rings. The molecule has 0 aliphatic heterocycles. The van der Waals surface area contributed by atoms with Crippen molar-refractivity contribution >= 4 is 41.3 Å². The van der Waals surface area contributed by atoms with Crippen molar-refractivity contribution in [2.24, 2.45) is 17.8 Å². The van der Waals surface area contributed by atoms with Crippen LogP contribution in [-0.4, -0.2) is 386 Å². The number of Topliss-reactive ketones (excluding diaryl/α,β-unsaturated/α-hetero) is 2. The van der Waals surface area contributed by atoms with Crippen LogP contribution in [0.15, 0.2) is 0 Å². The van der Waals surface area contributed by atoms with Crippen molar-refractivity contribution in [3.8, 4) is 0 Å². The Morgan fingerprint density at radius 3 is 0.756 bits per heavy atom. The summed E-state index contributed by atoms with van der Waals surface area (Å²) in [5, 5.41) is 33.7. The maximum Gasteiger partial charge on any atom is 0.306 e. The topological polar surface area (TPSA) is 426 Å². The first-order valence-corrected chi connectivity index (χ1v) is 47.6. The van der Waals surface area contributed by atoms with Crippen molar-refractivity contribution in [1.82, 2.24) is 10.6 Å². The molecular weight excluding hydrogens is 1660 g/mol. The number of carboxylic acid groups (broad SMARTS) is 3. The first-order valence-electron chi connectivity index (χ1n) is 47.6. The first kappa shape index (κ1) is 121. The molecule has 0 aromatic rings. The van der Waals surface area contributed by atoms with Crippen LogP contribution in [0.1, 0.15) is 200 Å². The van der Waals surface area contributed by atoms with E-state index >= 15 is 0 Å². The molecule has 0 spiro atoms. The lowest BCUT2D eigenvalue weighted by molar-refractivity contribution is -0.145. The molecule has 0 bridgehead atoms. The van der Waals surface area contributed by atoms with Gasteiger partial charge in [-0.2, -0.15) is 0 Å². The molecule has 1 aliphatic rings. The van der Waals surface area contributed by atoms with Gasteiger partial charge in [0.15, 0.2) is 5.78 Å². The molecule has 0 saturated heterocycles. The van der Waals surface area contributed by atoms with E-state index in [9.17, 15) is 43.8 Å². The molecule has 2 atom stereocenters. The van der Waals surface area contributed by atoms with Gasteiger partial charge in [0.1, 0.15) is 5.78 Å². The normalized spacial score (nSPS) is 14.0. The number of aliphatic carboxylic acids is 3. The molecule has 0 aromatic carbocycles. The number of hydrogen-bond acceptors (Lipinski definition) is 31. The summed E-state index contributed by atoms with van der Waals surface area (Å²) < 4.78 is 133. The van der Waals surface area contributed by atoms with Crippen molar-refractivity contribution in [2.75, 3.05) is 324 Å². The zero-order valence-electron chi connectivity index (χ0n) is 77.7. The molecule has 1 saturated carbocycles. The molecule has 5 N–H and O–H groups in total. The fraction of sp³-hybridized carbons (Fsp3) is 0.923. The fourth-order valence-corrected chi connectivity index (χ4v) is 12.8. The fourth-order valence-electron chi connectivity index (χ4n) is 12.8. The highest BCUT2D eigenvalue weighted by Gasteiger charge is 2.31. The average Bonchev–Trinajstić information content (AvgIpc) is 0.867. The van der Waals surface area contributed by atoms with Gasteiger partial charge in [-0.15, -0.1) is 0 Å². The van der Waals surface area contributed by atoms with Crippen molar-refractivity contribution in [1.29, 1.82) is 0 Å². The Balaban J connectivity index is 1.82. The highest BCUT2D eigenvalue weighted by Crippen LogP contribution is 2.31. The summed E-state index contributed by atoms with van der Waals surface area (Å²) in [6, 6.07) is -1.07. The molecule has 1 aliphatic carbocycles. The third-order valence-corrected chi connectivity index (χ3v) is 19.9. The molecule has 2 amide bonds. The molecule has 0 aromatic heterocycles. The molecule has 0 unspecified atom stereocenters. The van der Waals surface area contributed by atoms with Gasteiger partial charge in [-0.1, -0.05) is 96.8 Å². The second-order valence-corrected chi connectivity index (χ2v) is 30.6. The highest BCUT2D eigenvalue weighted by molar-refractivity contribution is 5.90. The van der Waals surface area contributed by atoms with Gasteiger partial charge >= 0.3 is 17.9 Å². The summed E-state index contributed by atoms with van der Waals surface area (Å²) in [5.74, 6) is -5.19. The monoisotopic (exact) mass is 1840 g/mol. The van der Waals surface area contributed by atoms with Gasteiger partial charge in [0.05, 0.1) is 316 Å². The minimum atomic E-state index is -1.19. The Morgan fingerprint density at radius 1 is 0.260 bits per heavy atom. The summed E-state index contributed by atoms with van der Waals surface area (Å²) >= 11 is 0. The number of ether oxygens (including phenoxy) is 24. The number of nitrogens with one attached hydrogen (secondary N) is 2. The number of amides is 2. The van der Waals surface area contributed by atoms with Crippen molar-refractivity contribution < 1.29 is 163 Å². The first-order chi connectivity index (χ1) is 62.4. The summed E-state index contributed by atoms with van der Waals surface area (Å²) in [7, 11) is 0. The van der Waals surface area contributed by atoms with Gasteiger partial charge < -0.3 is 140 Å². The van der Waals surface area contributed by atoms with Gasteiger partial charge in [-0.3, -0.25) is 33.6 Å². The zero-order valence-corrected chi connectivity index (χ0v) is 77.7. The minimum Gasteiger partial charge on any atom is -0.481 e. The Kier molecular flexibility index (Phi) is 94.3. The second-order valence-electron chi connectivity index (χ2n) is 30.6. The van der Waals surface area contributed by atoms with Gasteiger partial charge in [-0.25, -0.2) is 0 Å². The largest absolute Gasteiger partial charge is 0.481 e. The lowest BCUT2D eigenvalue weighted by Gasteiger charge is -2.28. The maximum atomic E-state index is 13.3. The molecular formula is C91H170N2O34. The molecule has 0 heterocycles. The number of carbonyl (C=O) groups excluding carboxylic acids is 4.